The predicted octanol–water partition coefficient (Wildman–Crippen LogP) is 5.38. The van der Waals surface area contributed by atoms with E-state index in [0.29, 0.717) is 23.8 Å². The summed E-state index contributed by atoms with van der Waals surface area (Å²) in [5.41, 5.74) is 7.83. The zero-order chi connectivity index (χ0) is 20.4. The molecule has 0 saturated heterocycles. The normalized spacial score (nSPS) is 11.3. The van der Waals surface area contributed by atoms with Crippen molar-refractivity contribution in [1.82, 2.24) is 20.2 Å². The summed E-state index contributed by atoms with van der Waals surface area (Å²) in [6.07, 6.45) is -4.24. The van der Waals surface area contributed by atoms with E-state index in [9.17, 15) is 13.2 Å². The number of anilines is 2. The van der Waals surface area contributed by atoms with Crippen molar-refractivity contribution in [1.29, 1.82) is 0 Å². The van der Waals surface area contributed by atoms with Gasteiger partial charge in [0.05, 0.1) is 11.1 Å². The Morgan fingerprint density at radius 1 is 1.00 bits per heavy atom. The van der Waals surface area contributed by atoms with Crippen LogP contribution in [0.1, 0.15) is 11.3 Å². The number of fused-ring (bicyclic) bond motifs is 1. The van der Waals surface area contributed by atoms with Crippen LogP contribution in [-0.2, 0) is 12.6 Å². The molecule has 0 bridgehead atoms. The molecule has 0 amide bonds. The first kappa shape index (κ1) is 22.7. The van der Waals surface area contributed by atoms with Crippen molar-refractivity contribution in [3.05, 3.63) is 71.6 Å². The van der Waals surface area contributed by atoms with Crippen LogP contribution < -0.4 is 5.32 Å². The molecule has 2 heterocycles. The average molecular weight is 624 g/mol. The van der Waals surface area contributed by atoms with Gasteiger partial charge < -0.3 is 11.1 Å². The third kappa shape index (κ3) is 4.82. The molecule has 0 unspecified atom stereocenters. The third-order valence-corrected chi connectivity index (χ3v) is 4.35. The van der Waals surface area contributed by atoms with Gasteiger partial charge in [0.2, 0.25) is 0 Å². The monoisotopic (exact) mass is 624 g/mol. The van der Waals surface area contributed by atoms with Gasteiger partial charge in [-0.3, -0.25) is 5.10 Å². The first-order valence-electron chi connectivity index (χ1n) is 8.85. The summed E-state index contributed by atoms with van der Waals surface area (Å²) < 4.78 is 40.3. The topological polar surface area (TPSA) is 90.3 Å². The number of nitrogens with one attached hydrogen (secondary N) is 3. The summed E-state index contributed by atoms with van der Waals surface area (Å²) in [6.45, 7) is 0.0577. The standard InChI is InChI=1S/C20H16F3N6.Ac/c21-20(22,23)15-7-3-1-5-13(15)18-25-12(9-10-24)11-17(26-18)27-19-14-6-2-4-8-16(14)28-29-19;/h1-8,11,24H,9-10H2,(H2,25,26,27,28,29);/q-1;. The smallest absolute Gasteiger partial charge is 0.417 e. The largest absolute Gasteiger partial charge is 0.677 e. The van der Waals surface area contributed by atoms with E-state index in [2.05, 4.69) is 25.5 Å². The number of para-hydroxylation sites is 1. The Kier molecular flexibility index (Phi) is 7.11. The van der Waals surface area contributed by atoms with Crippen molar-refractivity contribution in [2.75, 3.05) is 11.9 Å². The van der Waals surface area contributed by atoms with E-state index in [0.717, 1.165) is 17.0 Å². The van der Waals surface area contributed by atoms with Crippen LogP contribution in [0.3, 0.4) is 0 Å². The second-order valence-corrected chi connectivity index (χ2v) is 6.35. The van der Waals surface area contributed by atoms with Crippen LogP contribution in [0.15, 0.2) is 54.6 Å². The molecule has 4 rings (SSSR count). The Hall–Kier alpha value is -2.02. The van der Waals surface area contributed by atoms with E-state index in [-0.39, 0.29) is 62.0 Å². The van der Waals surface area contributed by atoms with Crippen LogP contribution >= 0.6 is 0 Å². The minimum Gasteiger partial charge on any atom is -0.677 e. The average Bonchev–Trinajstić information content (AvgIpc) is 3.10. The molecule has 2 aromatic heterocycles. The first-order chi connectivity index (χ1) is 14.0. The Balaban J connectivity index is 0.00000256. The van der Waals surface area contributed by atoms with Crippen LogP contribution in [0.2, 0.25) is 0 Å². The zero-order valence-electron chi connectivity index (χ0n) is 15.7. The summed E-state index contributed by atoms with van der Waals surface area (Å²) in [7, 11) is 0. The van der Waals surface area contributed by atoms with Gasteiger partial charge in [-0.05, 0) is 24.6 Å². The number of benzene rings is 2. The maximum absolute atomic E-state index is 13.4. The molecule has 30 heavy (non-hydrogen) atoms. The second-order valence-electron chi connectivity index (χ2n) is 6.35. The fraction of sp³-hybridized carbons (Fsp3) is 0.150. The van der Waals surface area contributed by atoms with E-state index in [1.165, 1.54) is 18.2 Å². The van der Waals surface area contributed by atoms with Crippen molar-refractivity contribution in [3.63, 3.8) is 0 Å². The SMILES string of the molecule is [Ac].[NH-]CCc1cc(Nc2n[nH]c3ccccc23)nc(-c2ccccc2C(F)(F)F)n1. The minimum absolute atomic E-state index is 0. The number of aromatic amines is 1. The number of nitrogens with zero attached hydrogens (tertiary/aromatic N) is 3. The molecule has 0 aliphatic carbocycles. The molecule has 0 aliphatic rings. The number of aromatic nitrogens is 4. The Bertz CT molecular complexity index is 1160. The van der Waals surface area contributed by atoms with Crippen molar-refractivity contribution in [2.24, 2.45) is 0 Å². The molecule has 10 heteroatoms. The maximum Gasteiger partial charge on any atom is 0.417 e. The third-order valence-electron chi connectivity index (χ3n) is 4.35. The van der Waals surface area contributed by atoms with Gasteiger partial charge in [0.25, 0.3) is 0 Å². The summed E-state index contributed by atoms with van der Waals surface area (Å²) >= 11 is 0. The number of rotatable bonds is 5. The van der Waals surface area contributed by atoms with Gasteiger partial charge >= 0.3 is 6.18 Å². The van der Waals surface area contributed by atoms with Crippen molar-refractivity contribution in [3.8, 4) is 11.4 Å². The molecule has 0 fully saturated rings. The molecule has 4 aromatic rings. The molecule has 0 aliphatic heterocycles. The van der Waals surface area contributed by atoms with Gasteiger partial charge in [-0.1, -0.05) is 30.3 Å². The maximum atomic E-state index is 13.4. The van der Waals surface area contributed by atoms with Crippen LogP contribution in [0.4, 0.5) is 24.8 Å². The number of halogens is 3. The number of hydrogen-bond acceptors (Lipinski definition) is 4. The minimum atomic E-state index is -4.53. The predicted molar refractivity (Wildman–Crippen MR) is 105 cm³/mol. The molecule has 3 N–H and O–H groups in total. The van der Waals surface area contributed by atoms with Gasteiger partial charge in [-0.25, -0.2) is 9.97 Å². The molecule has 0 saturated carbocycles. The van der Waals surface area contributed by atoms with Crippen LogP contribution in [0.5, 0.6) is 0 Å². The summed E-state index contributed by atoms with van der Waals surface area (Å²) in [5.74, 6) is 0.769. The Morgan fingerprint density at radius 3 is 2.50 bits per heavy atom. The molecule has 6 nitrogen and oxygen atoms in total. The van der Waals surface area contributed by atoms with Gasteiger partial charge in [-0.15, -0.1) is 6.54 Å². The van der Waals surface area contributed by atoms with Crippen molar-refractivity contribution >= 4 is 22.5 Å². The number of hydrogen-bond donors (Lipinski definition) is 2. The van der Waals surface area contributed by atoms with E-state index in [1.54, 1.807) is 6.07 Å². The fourth-order valence-electron chi connectivity index (χ4n) is 3.04. The number of alkyl halides is 3. The summed E-state index contributed by atoms with van der Waals surface area (Å²) in [5, 5.41) is 11.0. The molecule has 151 valence electrons. The Morgan fingerprint density at radius 2 is 1.73 bits per heavy atom. The van der Waals surface area contributed by atoms with E-state index in [1.807, 2.05) is 24.3 Å². The van der Waals surface area contributed by atoms with E-state index in [4.69, 9.17) is 5.73 Å². The molecule has 2 aromatic carbocycles. The fourth-order valence-corrected chi connectivity index (χ4v) is 3.04. The molecule has 1 radical (unpaired) electrons. The molecule has 0 spiro atoms. The first-order valence-corrected chi connectivity index (χ1v) is 8.85. The van der Waals surface area contributed by atoms with Crippen LogP contribution in [0.25, 0.3) is 28.0 Å². The second kappa shape index (κ2) is 9.42. The zero-order valence-corrected chi connectivity index (χ0v) is 20.4. The van der Waals surface area contributed by atoms with Crippen LogP contribution in [-0.4, -0.2) is 26.7 Å². The van der Waals surface area contributed by atoms with E-state index >= 15 is 0 Å². The van der Waals surface area contributed by atoms with Gasteiger partial charge in [-0.2, -0.15) is 18.3 Å². The number of H-pyrrole nitrogens is 1. The molecule has 0 atom stereocenters. The molecular weight excluding hydrogens is 608 g/mol. The molecular formula is C20H16AcF3N6-. The van der Waals surface area contributed by atoms with Gasteiger partial charge in [0.1, 0.15) is 5.82 Å². The quantitative estimate of drug-likeness (QED) is 0.312. The van der Waals surface area contributed by atoms with Gasteiger partial charge in [0.15, 0.2) is 11.6 Å². The summed E-state index contributed by atoms with van der Waals surface area (Å²) in [4.78, 5) is 8.56. The van der Waals surface area contributed by atoms with Crippen LogP contribution in [0, 0.1) is 44.1 Å². The van der Waals surface area contributed by atoms with Crippen molar-refractivity contribution in [2.45, 2.75) is 12.6 Å². The van der Waals surface area contributed by atoms with E-state index < -0.39 is 11.7 Å². The van der Waals surface area contributed by atoms with Gasteiger partial charge in [0, 0.05) is 66.8 Å². The van der Waals surface area contributed by atoms with Crippen molar-refractivity contribution < 1.29 is 57.2 Å². The Labute approximate surface area is 206 Å². The summed E-state index contributed by atoms with van der Waals surface area (Å²) in [6, 6.07) is 14.3.